The first-order valence-corrected chi connectivity index (χ1v) is 6.82. The van der Waals surface area contributed by atoms with Gasteiger partial charge in [-0.1, -0.05) is 42.7 Å². The van der Waals surface area contributed by atoms with Gasteiger partial charge in [0.2, 0.25) is 5.91 Å². The number of aryl methyl sites for hydroxylation is 1. The number of aliphatic hydroxyl groups is 1. The molecule has 0 heterocycles. The Hall–Kier alpha value is -1.61. The van der Waals surface area contributed by atoms with Crippen LogP contribution in [0.5, 0.6) is 0 Å². The second-order valence-electron chi connectivity index (χ2n) is 5.39. The maximum atomic E-state index is 11.7. The molecule has 1 aliphatic rings. The summed E-state index contributed by atoms with van der Waals surface area (Å²) in [6.07, 6.45) is 6.97. The van der Waals surface area contributed by atoms with E-state index in [1.54, 1.807) is 6.08 Å². The summed E-state index contributed by atoms with van der Waals surface area (Å²) in [5, 5.41) is 12.9. The second-order valence-corrected chi connectivity index (χ2v) is 5.39. The molecule has 1 aromatic rings. The fraction of sp³-hybridized carbons (Fsp3) is 0.438. The number of carbonyl (C=O) groups excluding carboxylic acids is 1. The number of hydrogen-bond donors (Lipinski definition) is 2. The quantitative estimate of drug-likeness (QED) is 0.816. The Balaban J connectivity index is 1.82. The van der Waals surface area contributed by atoms with E-state index in [4.69, 9.17) is 0 Å². The Labute approximate surface area is 114 Å². The van der Waals surface area contributed by atoms with E-state index in [-0.39, 0.29) is 5.91 Å². The lowest BCUT2D eigenvalue weighted by atomic mass is 10.0. The zero-order valence-electron chi connectivity index (χ0n) is 11.4. The zero-order valence-corrected chi connectivity index (χ0v) is 11.4. The summed E-state index contributed by atoms with van der Waals surface area (Å²) in [5.41, 5.74) is 1.51. The van der Waals surface area contributed by atoms with E-state index >= 15 is 0 Å². The highest BCUT2D eigenvalue weighted by molar-refractivity contribution is 5.91. The maximum absolute atomic E-state index is 11.7. The minimum atomic E-state index is -0.687. The van der Waals surface area contributed by atoms with E-state index in [2.05, 4.69) is 5.32 Å². The van der Waals surface area contributed by atoms with Crippen molar-refractivity contribution in [3.8, 4) is 0 Å². The molecule has 1 fully saturated rings. The van der Waals surface area contributed by atoms with Crippen LogP contribution < -0.4 is 5.32 Å². The molecule has 0 aromatic heterocycles. The molecule has 1 saturated carbocycles. The van der Waals surface area contributed by atoms with Crippen LogP contribution in [-0.2, 0) is 4.79 Å². The molecule has 1 aliphatic carbocycles. The van der Waals surface area contributed by atoms with Crippen molar-refractivity contribution in [3.63, 3.8) is 0 Å². The lowest BCUT2D eigenvalue weighted by Gasteiger charge is -2.21. The number of hydrogen-bond acceptors (Lipinski definition) is 2. The molecule has 0 saturated heterocycles. The van der Waals surface area contributed by atoms with Crippen molar-refractivity contribution in [1.82, 2.24) is 5.32 Å². The third-order valence-corrected chi connectivity index (χ3v) is 3.63. The molecule has 0 atom stereocenters. The molecule has 0 spiro atoms. The SMILES string of the molecule is Cc1ccc(/C=C/C(=O)NCC2(O)CCCC2)cc1. The van der Waals surface area contributed by atoms with Gasteiger partial charge in [-0.15, -0.1) is 0 Å². The van der Waals surface area contributed by atoms with Gasteiger partial charge in [-0.25, -0.2) is 0 Å². The first kappa shape index (κ1) is 13.8. The third-order valence-electron chi connectivity index (χ3n) is 3.63. The Morgan fingerprint density at radius 2 is 1.95 bits per heavy atom. The van der Waals surface area contributed by atoms with Crippen LogP contribution in [0.25, 0.3) is 6.08 Å². The normalized spacial score (nSPS) is 17.8. The summed E-state index contributed by atoms with van der Waals surface area (Å²) in [4.78, 5) is 11.7. The Morgan fingerprint density at radius 1 is 1.32 bits per heavy atom. The Morgan fingerprint density at radius 3 is 2.58 bits per heavy atom. The minimum absolute atomic E-state index is 0.152. The second kappa shape index (κ2) is 6.02. The average Bonchev–Trinajstić information content (AvgIpc) is 2.83. The fourth-order valence-corrected chi connectivity index (χ4v) is 2.37. The molecule has 0 bridgehead atoms. The molecule has 0 aliphatic heterocycles. The van der Waals surface area contributed by atoms with Crippen LogP contribution in [0.1, 0.15) is 36.8 Å². The Bertz CT molecular complexity index is 456. The predicted molar refractivity (Wildman–Crippen MR) is 76.6 cm³/mol. The van der Waals surface area contributed by atoms with E-state index < -0.39 is 5.60 Å². The van der Waals surface area contributed by atoms with Crippen LogP contribution in [0.2, 0.25) is 0 Å². The minimum Gasteiger partial charge on any atom is -0.388 e. The van der Waals surface area contributed by atoms with Crippen LogP contribution in [0, 0.1) is 6.92 Å². The molecule has 19 heavy (non-hydrogen) atoms. The van der Waals surface area contributed by atoms with Crippen molar-refractivity contribution in [3.05, 3.63) is 41.5 Å². The van der Waals surface area contributed by atoms with Gasteiger partial charge in [0.1, 0.15) is 0 Å². The van der Waals surface area contributed by atoms with Crippen LogP contribution in [0.15, 0.2) is 30.3 Å². The number of rotatable bonds is 4. The maximum Gasteiger partial charge on any atom is 0.244 e. The van der Waals surface area contributed by atoms with Gasteiger partial charge >= 0.3 is 0 Å². The Kier molecular flexibility index (Phi) is 4.38. The molecule has 1 aromatic carbocycles. The molecule has 0 unspecified atom stereocenters. The summed E-state index contributed by atoms with van der Waals surface area (Å²) >= 11 is 0. The molecule has 0 radical (unpaired) electrons. The van der Waals surface area contributed by atoms with Crippen molar-refractivity contribution in [1.29, 1.82) is 0 Å². The average molecular weight is 259 g/mol. The lowest BCUT2D eigenvalue weighted by Crippen LogP contribution is -2.40. The number of nitrogens with one attached hydrogen (secondary N) is 1. The van der Waals surface area contributed by atoms with Crippen LogP contribution in [0.3, 0.4) is 0 Å². The van der Waals surface area contributed by atoms with Gasteiger partial charge in [0, 0.05) is 12.6 Å². The summed E-state index contributed by atoms with van der Waals surface area (Å²) in [5.74, 6) is -0.152. The highest BCUT2D eigenvalue weighted by Gasteiger charge is 2.30. The van der Waals surface area contributed by atoms with E-state index in [0.717, 1.165) is 31.2 Å². The van der Waals surface area contributed by atoms with Crippen LogP contribution >= 0.6 is 0 Å². The first-order chi connectivity index (χ1) is 9.07. The molecule has 102 valence electrons. The van der Waals surface area contributed by atoms with Gasteiger partial charge in [0.05, 0.1) is 5.60 Å². The van der Waals surface area contributed by atoms with Gasteiger partial charge in [0.15, 0.2) is 0 Å². The van der Waals surface area contributed by atoms with Crippen molar-refractivity contribution >= 4 is 12.0 Å². The van der Waals surface area contributed by atoms with Gasteiger partial charge in [-0.2, -0.15) is 0 Å². The van der Waals surface area contributed by atoms with Crippen LogP contribution in [-0.4, -0.2) is 23.2 Å². The standard InChI is InChI=1S/C16H21NO2/c1-13-4-6-14(7-5-13)8-9-15(18)17-12-16(19)10-2-3-11-16/h4-9,19H,2-3,10-12H2,1H3,(H,17,18)/b9-8+. The zero-order chi connectivity index (χ0) is 13.7. The van der Waals surface area contributed by atoms with Crippen molar-refractivity contribution < 1.29 is 9.90 Å². The van der Waals surface area contributed by atoms with E-state index in [1.165, 1.54) is 11.6 Å². The van der Waals surface area contributed by atoms with E-state index in [0.29, 0.717) is 6.54 Å². The monoisotopic (exact) mass is 259 g/mol. The highest BCUT2D eigenvalue weighted by Crippen LogP contribution is 2.28. The molecule has 3 nitrogen and oxygen atoms in total. The smallest absolute Gasteiger partial charge is 0.244 e. The number of carbonyl (C=O) groups is 1. The summed E-state index contributed by atoms with van der Waals surface area (Å²) in [6.45, 7) is 2.38. The number of amides is 1. The van der Waals surface area contributed by atoms with Crippen molar-refractivity contribution in [2.24, 2.45) is 0 Å². The number of benzene rings is 1. The molecular formula is C16H21NO2. The molecule has 3 heteroatoms. The summed E-state index contributed by atoms with van der Waals surface area (Å²) in [6, 6.07) is 7.98. The van der Waals surface area contributed by atoms with Gasteiger partial charge < -0.3 is 10.4 Å². The van der Waals surface area contributed by atoms with Crippen molar-refractivity contribution in [2.45, 2.75) is 38.2 Å². The topological polar surface area (TPSA) is 49.3 Å². The molecule has 1 amide bonds. The van der Waals surface area contributed by atoms with Gasteiger partial charge in [-0.3, -0.25) is 4.79 Å². The van der Waals surface area contributed by atoms with E-state index in [1.807, 2.05) is 31.2 Å². The van der Waals surface area contributed by atoms with Crippen LogP contribution in [0.4, 0.5) is 0 Å². The van der Waals surface area contributed by atoms with Crippen molar-refractivity contribution in [2.75, 3.05) is 6.54 Å². The molecule has 2 N–H and O–H groups in total. The molecule has 2 rings (SSSR count). The largest absolute Gasteiger partial charge is 0.388 e. The molecular weight excluding hydrogens is 238 g/mol. The van der Waals surface area contributed by atoms with E-state index in [9.17, 15) is 9.90 Å². The first-order valence-electron chi connectivity index (χ1n) is 6.82. The summed E-state index contributed by atoms with van der Waals surface area (Å²) in [7, 11) is 0. The highest BCUT2D eigenvalue weighted by atomic mass is 16.3. The van der Waals surface area contributed by atoms with Gasteiger partial charge in [-0.05, 0) is 31.4 Å². The van der Waals surface area contributed by atoms with Gasteiger partial charge in [0.25, 0.3) is 0 Å². The lowest BCUT2D eigenvalue weighted by molar-refractivity contribution is -0.117. The summed E-state index contributed by atoms with van der Waals surface area (Å²) < 4.78 is 0. The fourth-order valence-electron chi connectivity index (χ4n) is 2.37. The third kappa shape index (κ3) is 4.21. The predicted octanol–water partition coefficient (Wildman–Crippen LogP) is 2.43.